The number of anilines is 2. The first-order chi connectivity index (χ1) is 15.5. The Morgan fingerprint density at radius 1 is 1.06 bits per heavy atom. The van der Waals surface area contributed by atoms with Crippen LogP contribution in [-0.2, 0) is 11.3 Å². The Bertz CT molecular complexity index is 1180. The predicted molar refractivity (Wildman–Crippen MR) is 110 cm³/mol. The molecule has 3 heterocycles. The molecule has 3 aromatic rings. The second-order valence-corrected chi connectivity index (χ2v) is 7.86. The van der Waals surface area contributed by atoms with Gasteiger partial charge in [0, 0.05) is 18.7 Å². The molecule has 2 aromatic heterocycles. The summed E-state index contributed by atoms with van der Waals surface area (Å²) in [4.78, 5) is 14.9. The number of aromatic nitrogens is 4. The molecule has 0 unspecified atom stereocenters. The molecular formula is C20H19ClF5N5O2. The highest BCUT2D eigenvalue weighted by atomic mass is 35.5. The number of alkyl halides is 5. The third kappa shape index (κ3) is 4.17. The van der Waals surface area contributed by atoms with Crippen LogP contribution in [0.5, 0.6) is 6.01 Å². The maximum atomic E-state index is 13.7. The molecule has 33 heavy (non-hydrogen) atoms. The van der Waals surface area contributed by atoms with E-state index in [1.54, 1.807) is 18.7 Å². The van der Waals surface area contributed by atoms with Gasteiger partial charge in [0.1, 0.15) is 5.52 Å². The number of ether oxygens (including phenoxy) is 2. The van der Waals surface area contributed by atoms with Gasteiger partial charge in [0.15, 0.2) is 6.10 Å². The zero-order chi connectivity index (χ0) is 24.1. The van der Waals surface area contributed by atoms with Crippen molar-refractivity contribution in [3.63, 3.8) is 0 Å². The monoisotopic (exact) mass is 491 g/mol. The average molecular weight is 492 g/mol. The number of nitrogens with zero attached hydrogens (tertiary/aromatic N) is 5. The van der Waals surface area contributed by atoms with Crippen molar-refractivity contribution in [2.75, 3.05) is 18.6 Å². The van der Waals surface area contributed by atoms with Crippen molar-refractivity contribution in [1.82, 2.24) is 19.5 Å². The van der Waals surface area contributed by atoms with Crippen molar-refractivity contribution < 1.29 is 31.4 Å². The Morgan fingerprint density at radius 2 is 1.73 bits per heavy atom. The number of rotatable bonds is 5. The normalized spacial score (nSPS) is 15.3. The van der Waals surface area contributed by atoms with Gasteiger partial charge in [-0.2, -0.15) is 31.9 Å². The first-order valence-electron chi connectivity index (χ1n) is 9.88. The lowest BCUT2D eigenvalue weighted by molar-refractivity contribution is -0.276. The van der Waals surface area contributed by atoms with Crippen LogP contribution < -0.4 is 9.64 Å². The van der Waals surface area contributed by atoms with Crippen molar-refractivity contribution in [2.45, 2.75) is 45.7 Å². The second kappa shape index (κ2) is 8.56. The SMILES string of the molecule is COc1nc(C)c(N2CCCn3c2nc2c(Cl)ccc([C@H](OC(F)F)C(F)(F)F)c23)c(C)n1. The smallest absolute Gasteiger partial charge is 0.419 e. The highest BCUT2D eigenvalue weighted by Crippen LogP contribution is 2.44. The van der Waals surface area contributed by atoms with Gasteiger partial charge in [-0.25, -0.2) is 4.98 Å². The van der Waals surface area contributed by atoms with E-state index in [-0.39, 0.29) is 22.1 Å². The fraction of sp³-hybridized carbons (Fsp3) is 0.450. The van der Waals surface area contributed by atoms with Gasteiger partial charge in [0.25, 0.3) is 0 Å². The third-order valence-electron chi connectivity index (χ3n) is 5.34. The molecule has 0 aliphatic carbocycles. The predicted octanol–water partition coefficient (Wildman–Crippen LogP) is 5.49. The maximum Gasteiger partial charge on any atom is 0.419 e. The van der Waals surface area contributed by atoms with Crippen molar-refractivity contribution in [3.05, 3.63) is 34.1 Å². The molecule has 0 bridgehead atoms. The minimum atomic E-state index is -5.08. The molecule has 1 atom stereocenters. The number of halogens is 6. The van der Waals surface area contributed by atoms with Gasteiger partial charge < -0.3 is 18.9 Å². The molecule has 7 nitrogen and oxygen atoms in total. The van der Waals surface area contributed by atoms with Crippen LogP contribution >= 0.6 is 11.6 Å². The Hall–Kier alpha value is -2.73. The van der Waals surface area contributed by atoms with Gasteiger partial charge in [-0.3, -0.25) is 0 Å². The molecule has 0 amide bonds. The Morgan fingerprint density at radius 3 is 2.30 bits per heavy atom. The van der Waals surface area contributed by atoms with Crippen LogP contribution in [0.1, 0.15) is 29.5 Å². The summed E-state index contributed by atoms with van der Waals surface area (Å²) in [6.07, 6.45) is -7.38. The highest BCUT2D eigenvalue weighted by Gasteiger charge is 2.45. The highest BCUT2D eigenvalue weighted by molar-refractivity contribution is 6.35. The molecule has 178 valence electrons. The first-order valence-corrected chi connectivity index (χ1v) is 10.3. The van der Waals surface area contributed by atoms with Crippen LogP contribution in [0, 0.1) is 13.8 Å². The average Bonchev–Trinajstić information content (AvgIpc) is 3.13. The number of hydrogen-bond acceptors (Lipinski definition) is 6. The largest absolute Gasteiger partial charge is 0.467 e. The Kier molecular flexibility index (Phi) is 6.08. The minimum Gasteiger partial charge on any atom is -0.467 e. The summed E-state index contributed by atoms with van der Waals surface area (Å²) in [6, 6.07) is 2.43. The number of benzene rings is 1. The summed E-state index contributed by atoms with van der Waals surface area (Å²) < 4.78 is 77.5. The van der Waals surface area contributed by atoms with E-state index in [2.05, 4.69) is 19.7 Å². The zero-order valence-electron chi connectivity index (χ0n) is 17.8. The lowest BCUT2D eigenvalue weighted by Gasteiger charge is -2.31. The number of hydrogen-bond donors (Lipinski definition) is 0. The topological polar surface area (TPSA) is 65.3 Å². The molecule has 0 fully saturated rings. The van der Waals surface area contributed by atoms with E-state index >= 15 is 0 Å². The molecule has 0 saturated carbocycles. The lowest BCUT2D eigenvalue weighted by Crippen LogP contribution is -2.30. The van der Waals surface area contributed by atoms with Crippen molar-refractivity contribution in [3.8, 4) is 6.01 Å². The molecule has 1 aromatic carbocycles. The lowest BCUT2D eigenvalue weighted by atomic mass is 10.1. The second-order valence-electron chi connectivity index (χ2n) is 7.45. The maximum absolute atomic E-state index is 13.7. The van der Waals surface area contributed by atoms with Crippen LogP contribution in [0.25, 0.3) is 11.0 Å². The van der Waals surface area contributed by atoms with Crippen LogP contribution in [0.3, 0.4) is 0 Å². The van der Waals surface area contributed by atoms with E-state index in [9.17, 15) is 22.0 Å². The van der Waals surface area contributed by atoms with Crippen LogP contribution in [0.2, 0.25) is 5.02 Å². The molecule has 1 aliphatic rings. The number of methoxy groups -OCH3 is 1. The fourth-order valence-electron chi connectivity index (χ4n) is 4.14. The van der Waals surface area contributed by atoms with Crippen molar-refractivity contribution in [2.24, 2.45) is 0 Å². The Balaban J connectivity index is 1.94. The molecule has 0 saturated heterocycles. The molecule has 1 aliphatic heterocycles. The molecule has 0 spiro atoms. The quantitative estimate of drug-likeness (QED) is 0.440. The summed E-state index contributed by atoms with van der Waals surface area (Å²) >= 11 is 6.26. The summed E-state index contributed by atoms with van der Waals surface area (Å²) in [6.45, 7) is 0.684. The molecule has 4 rings (SSSR count). The third-order valence-corrected chi connectivity index (χ3v) is 5.65. The molecular weight excluding hydrogens is 473 g/mol. The summed E-state index contributed by atoms with van der Waals surface area (Å²) in [7, 11) is 1.44. The number of imidazole rings is 1. The van der Waals surface area contributed by atoms with Crippen molar-refractivity contribution >= 4 is 34.3 Å². The fourth-order valence-corrected chi connectivity index (χ4v) is 4.34. The zero-order valence-corrected chi connectivity index (χ0v) is 18.5. The van der Waals surface area contributed by atoms with Gasteiger partial charge in [0.2, 0.25) is 5.95 Å². The number of fused-ring (bicyclic) bond motifs is 3. The summed E-state index contributed by atoms with van der Waals surface area (Å²) in [5.41, 5.74) is 1.37. The van der Waals surface area contributed by atoms with E-state index in [1.165, 1.54) is 17.7 Å². The van der Waals surface area contributed by atoms with E-state index in [4.69, 9.17) is 16.3 Å². The van der Waals surface area contributed by atoms with Crippen LogP contribution in [0.15, 0.2) is 12.1 Å². The van der Waals surface area contributed by atoms with E-state index in [0.29, 0.717) is 42.5 Å². The van der Waals surface area contributed by atoms with Gasteiger partial charge in [0.05, 0.1) is 34.7 Å². The molecule has 0 N–H and O–H groups in total. The van der Waals surface area contributed by atoms with Gasteiger partial charge in [-0.05, 0) is 26.3 Å². The van der Waals surface area contributed by atoms with Gasteiger partial charge >= 0.3 is 18.8 Å². The first kappa shape index (κ1) is 23.4. The van der Waals surface area contributed by atoms with Crippen molar-refractivity contribution in [1.29, 1.82) is 0 Å². The van der Waals surface area contributed by atoms with Crippen LogP contribution in [0.4, 0.5) is 33.6 Å². The summed E-state index contributed by atoms with van der Waals surface area (Å²) in [5, 5.41) is 0.0907. The standard InChI is InChI=1S/C20H19ClF5N5O2/c1-9-14(10(2)28-18(27-9)32-3)30-7-4-8-31-15-11(16(20(24,25)26)33-17(22)23)5-6-12(21)13(15)29-19(30)31/h5-6,16-17H,4,7-8H2,1-3H3/t16-/m0/s1. The van der Waals surface area contributed by atoms with E-state index in [1.807, 2.05) is 0 Å². The molecule has 13 heteroatoms. The minimum absolute atomic E-state index is 0.00471. The van der Waals surface area contributed by atoms with Gasteiger partial charge in [-0.1, -0.05) is 17.7 Å². The van der Waals surface area contributed by atoms with E-state index in [0.717, 1.165) is 6.07 Å². The van der Waals surface area contributed by atoms with Crippen LogP contribution in [-0.4, -0.2) is 46.0 Å². The Labute approximate surface area is 190 Å². The number of aryl methyl sites for hydroxylation is 3. The molecule has 0 radical (unpaired) electrons. The van der Waals surface area contributed by atoms with Gasteiger partial charge in [-0.15, -0.1) is 0 Å². The van der Waals surface area contributed by atoms with E-state index < -0.39 is 24.5 Å². The summed E-state index contributed by atoms with van der Waals surface area (Å²) in [5.74, 6) is 0.309.